The first-order valence-electron chi connectivity index (χ1n) is 10.8. The highest BCUT2D eigenvalue weighted by Crippen LogP contribution is 2.19. The Kier molecular flexibility index (Phi) is 9.46. The standard InChI is InChI=1S/C24H32ClN3O4S/c1-6-22(24(30)26-17(2)3)28(15-19-9-7-8-18(4)14-19)23(29)16-27(5)33(31,32)21-12-10-20(25)11-13-21/h7-14,17,22H,6,15-16H2,1-5H3,(H,26,30)/t22-/m1/s1. The predicted octanol–water partition coefficient (Wildman–Crippen LogP) is 3.60. The van der Waals surface area contributed by atoms with E-state index in [1.807, 2.05) is 52.0 Å². The fourth-order valence-electron chi connectivity index (χ4n) is 3.46. The van der Waals surface area contributed by atoms with Crippen molar-refractivity contribution in [2.45, 2.75) is 57.6 Å². The number of likely N-dealkylation sites (N-methyl/N-ethyl adjacent to an activating group) is 1. The molecule has 0 aliphatic rings. The van der Waals surface area contributed by atoms with Gasteiger partial charge in [-0.05, 0) is 57.0 Å². The van der Waals surface area contributed by atoms with Gasteiger partial charge in [0, 0.05) is 24.7 Å². The second-order valence-electron chi connectivity index (χ2n) is 8.31. The van der Waals surface area contributed by atoms with E-state index in [0.29, 0.717) is 11.4 Å². The molecule has 0 spiro atoms. The number of amides is 2. The lowest BCUT2D eigenvalue weighted by Gasteiger charge is -2.32. The molecule has 0 fully saturated rings. The first-order valence-corrected chi connectivity index (χ1v) is 12.6. The molecule has 7 nitrogen and oxygen atoms in total. The maximum absolute atomic E-state index is 13.4. The van der Waals surface area contributed by atoms with Gasteiger partial charge in [-0.25, -0.2) is 8.42 Å². The van der Waals surface area contributed by atoms with Crippen molar-refractivity contribution in [3.8, 4) is 0 Å². The molecule has 0 saturated heterocycles. The molecule has 0 radical (unpaired) electrons. The molecule has 0 saturated carbocycles. The van der Waals surface area contributed by atoms with Crippen LogP contribution in [0.25, 0.3) is 0 Å². The van der Waals surface area contributed by atoms with Crippen molar-refractivity contribution in [1.29, 1.82) is 0 Å². The monoisotopic (exact) mass is 493 g/mol. The number of benzene rings is 2. The van der Waals surface area contributed by atoms with E-state index in [4.69, 9.17) is 11.6 Å². The Labute approximate surface area is 201 Å². The third kappa shape index (κ3) is 7.28. The number of hydrogen-bond acceptors (Lipinski definition) is 4. The molecule has 0 heterocycles. The highest BCUT2D eigenvalue weighted by atomic mass is 35.5. The maximum Gasteiger partial charge on any atom is 0.243 e. The second kappa shape index (κ2) is 11.6. The van der Waals surface area contributed by atoms with Gasteiger partial charge in [0.05, 0.1) is 11.4 Å². The summed E-state index contributed by atoms with van der Waals surface area (Å²) in [6, 6.07) is 12.6. The number of sulfonamides is 1. The van der Waals surface area contributed by atoms with E-state index in [2.05, 4.69) is 5.32 Å². The van der Waals surface area contributed by atoms with Crippen molar-refractivity contribution in [1.82, 2.24) is 14.5 Å². The number of carbonyl (C=O) groups is 2. The molecule has 180 valence electrons. The Balaban J connectivity index is 2.33. The van der Waals surface area contributed by atoms with E-state index in [9.17, 15) is 18.0 Å². The first kappa shape index (κ1) is 26.8. The third-order valence-electron chi connectivity index (χ3n) is 5.13. The fourth-order valence-corrected chi connectivity index (χ4v) is 4.71. The molecule has 0 bridgehead atoms. The average molecular weight is 494 g/mol. The molecule has 0 unspecified atom stereocenters. The van der Waals surface area contributed by atoms with Crippen LogP contribution < -0.4 is 5.32 Å². The van der Waals surface area contributed by atoms with E-state index >= 15 is 0 Å². The summed E-state index contributed by atoms with van der Waals surface area (Å²) >= 11 is 5.86. The van der Waals surface area contributed by atoms with Crippen LogP contribution >= 0.6 is 11.6 Å². The van der Waals surface area contributed by atoms with Crippen molar-refractivity contribution in [2.24, 2.45) is 0 Å². The molecule has 2 aromatic rings. The lowest BCUT2D eigenvalue weighted by atomic mass is 10.1. The molecule has 0 aromatic heterocycles. The molecule has 0 aliphatic heterocycles. The van der Waals surface area contributed by atoms with Crippen LogP contribution in [0, 0.1) is 6.92 Å². The van der Waals surface area contributed by atoms with Gasteiger partial charge < -0.3 is 10.2 Å². The summed E-state index contributed by atoms with van der Waals surface area (Å²) in [6.07, 6.45) is 0.393. The molecular formula is C24H32ClN3O4S. The van der Waals surface area contributed by atoms with Crippen LogP contribution in [-0.4, -0.2) is 55.1 Å². The minimum atomic E-state index is -3.91. The Bertz CT molecular complexity index is 1070. The topological polar surface area (TPSA) is 86.8 Å². The fraction of sp³-hybridized carbons (Fsp3) is 0.417. The third-order valence-corrected chi connectivity index (χ3v) is 7.20. The summed E-state index contributed by atoms with van der Waals surface area (Å²) < 4.78 is 26.9. The Hall–Kier alpha value is -2.42. The lowest BCUT2D eigenvalue weighted by Crippen LogP contribution is -2.52. The summed E-state index contributed by atoms with van der Waals surface area (Å²) in [5.41, 5.74) is 1.89. The van der Waals surface area contributed by atoms with Gasteiger partial charge in [0.25, 0.3) is 0 Å². The number of aryl methyl sites for hydroxylation is 1. The molecule has 2 rings (SSSR count). The normalized spacial score (nSPS) is 12.6. The summed E-state index contributed by atoms with van der Waals surface area (Å²) in [5, 5.41) is 3.28. The molecule has 9 heteroatoms. The molecule has 33 heavy (non-hydrogen) atoms. The molecule has 1 N–H and O–H groups in total. The lowest BCUT2D eigenvalue weighted by molar-refractivity contribution is -0.141. The van der Waals surface area contributed by atoms with Gasteiger partial charge in [-0.15, -0.1) is 0 Å². The summed E-state index contributed by atoms with van der Waals surface area (Å²) in [7, 11) is -2.56. The van der Waals surface area contributed by atoms with Crippen molar-refractivity contribution < 1.29 is 18.0 Å². The number of hydrogen-bond donors (Lipinski definition) is 1. The Morgan fingerprint density at radius 3 is 2.27 bits per heavy atom. The van der Waals surface area contributed by atoms with Crippen molar-refractivity contribution >= 4 is 33.4 Å². The van der Waals surface area contributed by atoms with Gasteiger partial charge in [0.1, 0.15) is 6.04 Å². The highest BCUT2D eigenvalue weighted by Gasteiger charge is 2.32. The first-order chi connectivity index (χ1) is 15.4. The SMILES string of the molecule is CC[C@H](C(=O)NC(C)C)N(Cc1cccc(C)c1)C(=O)CN(C)S(=O)(=O)c1ccc(Cl)cc1. The van der Waals surface area contributed by atoms with Gasteiger partial charge in [0.15, 0.2) is 0 Å². The quantitative estimate of drug-likeness (QED) is 0.547. The minimum Gasteiger partial charge on any atom is -0.352 e. The van der Waals surface area contributed by atoms with Crippen LogP contribution in [0.1, 0.15) is 38.3 Å². The largest absolute Gasteiger partial charge is 0.352 e. The van der Waals surface area contributed by atoms with Gasteiger partial charge in [-0.2, -0.15) is 4.31 Å². The van der Waals surface area contributed by atoms with E-state index in [1.165, 1.54) is 36.2 Å². The van der Waals surface area contributed by atoms with Crippen molar-refractivity contribution in [2.75, 3.05) is 13.6 Å². The smallest absolute Gasteiger partial charge is 0.243 e. The Morgan fingerprint density at radius 1 is 1.09 bits per heavy atom. The molecule has 0 aliphatic carbocycles. The van der Waals surface area contributed by atoms with Crippen LogP contribution in [-0.2, 0) is 26.2 Å². The second-order valence-corrected chi connectivity index (χ2v) is 10.8. The van der Waals surface area contributed by atoms with E-state index in [1.54, 1.807) is 0 Å². The van der Waals surface area contributed by atoms with E-state index < -0.39 is 28.5 Å². The number of carbonyl (C=O) groups excluding carboxylic acids is 2. The minimum absolute atomic E-state index is 0.0389. The van der Waals surface area contributed by atoms with Gasteiger partial charge in [-0.3, -0.25) is 9.59 Å². The summed E-state index contributed by atoms with van der Waals surface area (Å²) in [4.78, 5) is 27.8. The van der Waals surface area contributed by atoms with Crippen LogP contribution in [0.15, 0.2) is 53.4 Å². The number of rotatable bonds is 10. The molecule has 2 aromatic carbocycles. The summed E-state index contributed by atoms with van der Waals surface area (Å²) in [5.74, 6) is -0.723. The predicted molar refractivity (Wildman–Crippen MR) is 130 cm³/mol. The molecular weight excluding hydrogens is 462 g/mol. The zero-order valence-corrected chi connectivity index (χ0v) is 21.3. The molecule has 2 amide bonds. The zero-order chi connectivity index (χ0) is 24.8. The summed E-state index contributed by atoms with van der Waals surface area (Å²) in [6.45, 7) is 7.27. The van der Waals surface area contributed by atoms with Crippen LogP contribution in [0.3, 0.4) is 0 Å². The zero-order valence-electron chi connectivity index (χ0n) is 19.7. The number of nitrogens with one attached hydrogen (secondary N) is 1. The van der Waals surface area contributed by atoms with Gasteiger partial charge in [0.2, 0.25) is 21.8 Å². The van der Waals surface area contributed by atoms with E-state index in [0.717, 1.165) is 15.4 Å². The molecule has 1 atom stereocenters. The van der Waals surface area contributed by atoms with Crippen molar-refractivity contribution in [3.05, 3.63) is 64.7 Å². The maximum atomic E-state index is 13.4. The van der Waals surface area contributed by atoms with Gasteiger partial charge >= 0.3 is 0 Å². The van der Waals surface area contributed by atoms with Crippen LogP contribution in [0.4, 0.5) is 0 Å². The van der Waals surface area contributed by atoms with Crippen LogP contribution in [0.2, 0.25) is 5.02 Å². The Morgan fingerprint density at radius 2 is 1.73 bits per heavy atom. The number of halogens is 1. The van der Waals surface area contributed by atoms with E-state index in [-0.39, 0.29) is 23.4 Å². The highest BCUT2D eigenvalue weighted by molar-refractivity contribution is 7.89. The van der Waals surface area contributed by atoms with Gasteiger partial charge in [-0.1, -0.05) is 48.4 Å². The van der Waals surface area contributed by atoms with Crippen LogP contribution in [0.5, 0.6) is 0 Å². The van der Waals surface area contributed by atoms with Crippen molar-refractivity contribution in [3.63, 3.8) is 0 Å². The average Bonchev–Trinajstić information content (AvgIpc) is 2.73. The number of nitrogens with zero attached hydrogens (tertiary/aromatic N) is 2.